The average molecular weight is 164 g/mol. The summed E-state index contributed by atoms with van der Waals surface area (Å²) in [5.41, 5.74) is 0. The molecule has 4 heteroatoms. The Hall–Kier alpha value is -0.0900. The van der Waals surface area contributed by atoms with Gasteiger partial charge in [-0.1, -0.05) is 30.9 Å². The van der Waals surface area contributed by atoms with Crippen molar-refractivity contribution < 1.29 is 9.53 Å². The Morgan fingerprint density at radius 2 is 2.56 bits per heavy atom. The minimum atomic E-state index is 0.343. The molecule has 0 fully saturated rings. The molecule has 2 nitrogen and oxygen atoms in total. The van der Waals surface area contributed by atoms with E-state index in [1.165, 1.54) is 11.8 Å². The van der Waals surface area contributed by atoms with Gasteiger partial charge in [0.2, 0.25) is 0 Å². The van der Waals surface area contributed by atoms with Gasteiger partial charge in [0.1, 0.15) is 5.94 Å². The van der Waals surface area contributed by atoms with Gasteiger partial charge in [0.25, 0.3) is 6.47 Å². The molecule has 0 saturated carbocycles. The quantitative estimate of drug-likeness (QED) is 0.273. The number of carbonyl (C=O) groups excluding carboxylic acids is 1. The van der Waals surface area contributed by atoms with E-state index >= 15 is 0 Å². The van der Waals surface area contributed by atoms with E-state index in [0.717, 1.165) is 10.6 Å². The van der Waals surface area contributed by atoms with Crippen LogP contribution in [0.2, 0.25) is 0 Å². The molecule has 52 valence electrons. The standard InChI is InChI=1S/C5H8O2S2/c1-2-5(8)9-4-7-3-6/h3H,2,4H2,1H3. The lowest BCUT2D eigenvalue weighted by atomic mass is 10.6. The zero-order chi connectivity index (χ0) is 7.11. The third-order valence-corrected chi connectivity index (χ3v) is 2.15. The summed E-state index contributed by atoms with van der Waals surface area (Å²) in [6.07, 6.45) is 0.849. The van der Waals surface area contributed by atoms with Crippen LogP contribution in [0.15, 0.2) is 0 Å². The summed E-state index contributed by atoms with van der Waals surface area (Å²) in [4.78, 5) is 9.60. The van der Waals surface area contributed by atoms with Crippen molar-refractivity contribution in [2.75, 3.05) is 5.94 Å². The summed E-state index contributed by atoms with van der Waals surface area (Å²) in [7, 11) is 0. The smallest absolute Gasteiger partial charge is 0.293 e. The van der Waals surface area contributed by atoms with Crippen LogP contribution in [-0.4, -0.2) is 16.6 Å². The van der Waals surface area contributed by atoms with Gasteiger partial charge in [-0.2, -0.15) is 0 Å². The number of rotatable bonds is 4. The summed E-state index contributed by atoms with van der Waals surface area (Å²) in [5.74, 6) is 0.343. The summed E-state index contributed by atoms with van der Waals surface area (Å²) < 4.78 is 5.27. The highest BCUT2D eigenvalue weighted by atomic mass is 32.2. The molecule has 0 aromatic carbocycles. The van der Waals surface area contributed by atoms with Crippen LogP contribution in [0.1, 0.15) is 13.3 Å². The molecule has 0 aromatic heterocycles. The van der Waals surface area contributed by atoms with Crippen LogP contribution in [0.5, 0.6) is 0 Å². The van der Waals surface area contributed by atoms with Gasteiger partial charge in [-0.05, 0) is 6.42 Å². The third kappa shape index (κ3) is 5.79. The second-order valence-electron chi connectivity index (χ2n) is 1.25. The van der Waals surface area contributed by atoms with Crippen LogP contribution in [0, 0.1) is 0 Å². The Balaban J connectivity index is 3.06. The maximum absolute atomic E-state index is 9.60. The van der Waals surface area contributed by atoms with Crippen LogP contribution in [-0.2, 0) is 9.53 Å². The second kappa shape index (κ2) is 6.04. The van der Waals surface area contributed by atoms with Crippen molar-refractivity contribution in [3.63, 3.8) is 0 Å². The normalized spacial score (nSPS) is 8.56. The molecule has 0 N–H and O–H groups in total. The topological polar surface area (TPSA) is 26.3 Å². The zero-order valence-corrected chi connectivity index (χ0v) is 6.76. The molecule has 0 amide bonds. The lowest BCUT2D eigenvalue weighted by molar-refractivity contribution is -0.126. The van der Waals surface area contributed by atoms with Crippen LogP contribution in [0.3, 0.4) is 0 Å². The molecule has 9 heavy (non-hydrogen) atoms. The van der Waals surface area contributed by atoms with E-state index < -0.39 is 0 Å². The molecule has 0 atom stereocenters. The van der Waals surface area contributed by atoms with E-state index in [1.807, 2.05) is 6.92 Å². The van der Waals surface area contributed by atoms with Crippen molar-refractivity contribution in [1.29, 1.82) is 0 Å². The van der Waals surface area contributed by atoms with Crippen molar-refractivity contribution >= 4 is 34.6 Å². The first-order valence-electron chi connectivity index (χ1n) is 2.52. The van der Waals surface area contributed by atoms with E-state index in [1.54, 1.807) is 0 Å². The zero-order valence-electron chi connectivity index (χ0n) is 5.12. The molecule has 0 aliphatic carbocycles. The number of thioether (sulfide) groups is 1. The van der Waals surface area contributed by atoms with Crippen LogP contribution in [0.4, 0.5) is 0 Å². The monoisotopic (exact) mass is 164 g/mol. The second-order valence-corrected chi connectivity index (χ2v) is 3.02. The van der Waals surface area contributed by atoms with Crippen LogP contribution in [0.25, 0.3) is 0 Å². The van der Waals surface area contributed by atoms with Gasteiger partial charge in [0, 0.05) is 0 Å². The van der Waals surface area contributed by atoms with E-state index in [-0.39, 0.29) is 0 Å². The summed E-state index contributed by atoms with van der Waals surface area (Å²) >= 11 is 6.21. The third-order valence-electron chi connectivity index (χ3n) is 0.645. The summed E-state index contributed by atoms with van der Waals surface area (Å²) in [6, 6.07) is 0. The maximum atomic E-state index is 9.60. The number of hydrogen-bond acceptors (Lipinski definition) is 4. The molecule has 0 rings (SSSR count). The number of hydrogen-bond donors (Lipinski definition) is 0. The van der Waals surface area contributed by atoms with Crippen molar-refractivity contribution in [1.82, 2.24) is 0 Å². The Kier molecular flexibility index (Phi) is 5.98. The SMILES string of the molecule is CCC(=S)SCOC=O. The Morgan fingerprint density at radius 1 is 1.89 bits per heavy atom. The molecule has 0 heterocycles. The molecule has 0 radical (unpaired) electrons. The van der Waals surface area contributed by atoms with Crippen LogP contribution >= 0.6 is 24.0 Å². The molecule has 0 aliphatic heterocycles. The Bertz CT molecular complexity index is 103. The van der Waals surface area contributed by atoms with Gasteiger partial charge in [0.05, 0.1) is 4.20 Å². The highest BCUT2D eigenvalue weighted by molar-refractivity contribution is 8.23. The fraction of sp³-hybridized carbons (Fsp3) is 0.600. The van der Waals surface area contributed by atoms with E-state index in [4.69, 9.17) is 12.2 Å². The Labute approximate surface area is 64.0 Å². The molecule has 0 bridgehead atoms. The van der Waals surface area contributed by atoms with E-state index in [2.05, 4.69) is 4.74 Å². The first-order valence-corrected chi connectivity index (χ1v) is 3.91. The van der Waals surface area contributed by atoms with Crippen molar-refractivity contribution in [3.8, 4) is 0 Å². The molecule has 0 unspecified atom stereocenters. The summed E-state index contributed by atoms with van der Waals surface area (Å²) in [6.45, 7) is 2.39. The molecule has 0 saturated heterocycles. The van der Waals surface area contributed by atoms with Crippen molar-refractivity contribution in [2.45, 2.75) is 13.3 Å². The predicted molar refractivity (Wildman–Crippen MR) is 42.5 cm³/mol. The minimum absolute atomic E-state index is 0.343. The average Bonchev–Trinajstić information content (AvgIpc) is 1.89. The molecule has 0 aromatic rings. The molecule has 0 aliphatic rings. The minimum Gasteiger partial charge on any atom is -0.456 e. The van der Waals surface area contributed by atoms with Crippen LogP contribution < -0.4 is 0 Å². The highest BCUT2D eigenvalue weighted by Crippen LogP contribution is 2.06. The van der Waals surface area contributed by atoms with Gasteiger partial charge >= 0.3 is 0 Å². The lowest BCUT2D eigenvalue weighted by Gasteiger charge is -1.96. The largest absolute Gasteiger partial charge is 0.456 e. The number of carbonyl (C=O) groups is 1. The highest BCUT2D eigenvalue weighted by Gasteiger charge is 1.91. The molecule has 0 spiro atoms. The van der Waals surface area contributed by atoms with Gasteiger partial charge < -0.3 is 4.74 Å². The first kappa shape index (κ1) is 8.91. The lowest BCUT2D eigenvalue weighted by Crippen LogP contribution is -1.90. The van der Waals surface area contributed by atoms with E-state index in [0.29, 0.717) is 12.4 Å². The van der Waals surface area contributed by atoms with Gasteiger partial charge in [0.15, 0.2) is 0 Å². The first-order chi connectivity index (χ1) is 4.31. The number of thiocarbonyl (C=S) groups is 1. The summed E-state index contributed by atoms with van der Waals surface area (Å²) in [5, 5.41) is 0. The van der Waals surface area contributed by atoms with Crippen molar-refractivity contribution in [3.05, 3.63) is 0 Å². The van der Waals surface area contributed by atoms with Gasteiger partial charge in [-0.3, -0.25) is 4.79 Å². The maximum Gasteiger partial charge on any atom is 0.293 e. The van der Waals surface area contributed by atoms with Gasteiger partial charge in [-0.25, -0.2) is 0 Å². The van der Waals surface area contributed by atoms with Crippen molar-refractivity contribution in [2.24, 2.45) is 0 Å². The molecular formula is C5H8O2S2. The van der Waals surface area contributed by atoms with Gasteiger partial charge in [-0.15, -0.1) is 0 Å². The predicted octanol–water partition coefficient (Wildman–Crippen LogP) is 1.59. The van der Waals surface area contributed by atoms with E-state index in [9.17, 15) is 4.79 Å². The Morgan fingerprint density at radius 3 is 3.00 bits per heavy atom. The molecular weight excluding hydrogens is 156 g/mol. The fourth-order valence-corrected chi connectivity index (χ4v) is 0.833. The number of ether oxygens (including phenoxy) is 1. The fourth-order valence-electron chi connectivity index (χ4n) is 0.230.